The van der Waals surface area contributed by atoms with Gasteiger partial charge in [0.2, 0.25) is 0 Å². The van der Waals surface area contributed by atoms with Gasteiger partial charge in [-0.15, -0.1) is 0 Å². The van der Waals surface area contributed by atoms with Crippen LogP contribution < -0.4 is 14.4 Å². The third kappa shape index (κ3) is 4.80. The van der Waals surface area contributed by atoms with Crippen LogP contribution in [0.3, 0.4) is 0 Å². The van der Waals surface area contributed by atoms with E-state index < -0.39 is 0 Å². The number of hydrogen-bond donors (Lipinski definition) is 0. The lowest BCUT2D eigenvalue weighted by Crippen LogP contribution is -2.48. The highest BCUT2D eigenvalue weighted by molar-refractivity contribution is 7.99. The molecule has 6 heteroatoms. The van der Waals surface area contributed by atoms with Gasteiger partial charge in [-0.2, -0.15) is 0 Å². The van der Waals surface area contributed by atoms with Crippen molar-refractivity contribution in [2.45, 2.75) is 9.79 Å². The molecule has 31 heavy (non-hydrogen) atoms. The maximum absolute atomic E-state index is 13.3. The molecule has 3 aromatic rings. The van der Waals surface area contributed by atoms with Crippen LogP contribution in [0.4, 0.5) is 5.69 Å². The molecule has 0 saturated carbocycles. The Labute approximate surface area is 187 Å². The molecule has 0 spiro atoms. The van der Waals surface area contributed by atoms with Crippen molar-refractivity contribution in [2.24, 2.45) is 0 Å². The summed E-state index contributed by atoms with van der Waals surface area (Å²) < 4.78 is 10.7. The molecule has 1 aliphatic heterocycles. The summed E-state index contributed by atoms with van der Waals surface area (Å²) in [4.78, 5) is 19.5. The van der Waals surface area contributed by atoms with Gasteiger partial charge in [-0.05, 0) is 48.5 Å². The summed E-state index contributed by atoms with van der Waals surface area (Å²) in [6, 6.07) is 23.7. The normalized spacial score (nSPS) is 13.7. The van der Waals surface area contributed by atoms with Gasteiger partial charge < -0.3 is 19.3 Å². The van der Waals surface area contributed by atoms with Crippen molar-refractivity contribution in [1.29, 1.82) is 0 Å². The minimum atomic E-state index is 0.0763. The molecular weight excluding hydrogens is 408 g/mol. The van der Waals surface area contributed by atoms with E-state index >= 15 is 0 Å². The molecule has 0 bridgehead atoms. The van der Waals surface area contributed by atoms with Crippen LogP contribution >= 0.6 is 11.8 Å². The lowest BCUT2D eigenvalue weighted by Gasteiger charge is -2.36. The van der Waals surface area contributed by atoms with Crippen LogP contribution in [0.25, 0.3) is 0 Å². The van der Waals surface area contributed by atoms with Gasteiger partial charge in [-0.25, -0.2) is 0 Å². The summed E-state index contributed by atoms with van der Waals surface area (Å²) in [5, 5.41) is 0. The van der Waals surface area contributed by atoms with Crippen molar-refractivity contribution in [3.8, 4) is 11.5 Å². The van der Waals surface area contributed by atoms with E-state index in [4.69, 9.17) is 9.47 Å². The Morgan fingerprint density at radius 2 is 1.42 bits per heavy atom. The average molecular weight is 435 g/mol. The predicted octanol–water partition coefficient (Wildman–Crippen LogP) is 4.82. The van der Waals surface area contributed by atoms with Crippen LogP contribution in [0.15, 0.2) is 82.6 Å². The van der Waals surface area contributed by atoms with Crippen molar-refractivity contribution in [1.82, 2.24) is 4.90 Å². The highest BCUT2D eigenvalue weighted by atomic mass is 32.2. The van der Waals surface area contributed by atoms with E-state index in [9.17, 15) is 4.79 Å². The van der Waals surface area contributed by atoms with Crippen molar-refractivity contribution in [3.63, 3.8) is 0 Å². The van der Waals surface area contributed by atoms with E-state index in [0.29, 0.717) is 13.1 Å². The second-order valence-electron chi connectivity index (χ2n) is 7.23. The quantitative estimate of drug-likeness (QED) is 0.557. The first kappa shape index (κ1) is 21.1. The third-order valence-electron chi connectivity index (χ3n) is 5.41. The van der Waals surface area contributed by atoms with Crippen LogP contribution in [0.2, 0.25) is 0 Å². The topological polar surface area (TPSA) is 42.0 Å². The molecule has 3 aromatic carbocycles. The summed E-state index contributed by atoms with van der Waals surface area (Å²) in [7, 11) is 3.34. The van der Waals surface area contributed by atoms with Crippen molar-refractivity contribution >= 4 is 23.4 Å². The van der Waals surface area contributed by atoms with E-state index in [1.807, 2.05) is 65.6 Å². The molecule has 5 nitrogen and oxygen atoms in total. The third-order valence-corrected chi connectivity index (χ3v) is 6.54. The van der Waals surface area contributed by atoms with E-state index in [1.165, 1.54) is 0 Å². The molecule has 0 N–H and O–H groups in total. The van der Waals surface area contributed by atoms with Gasteiger partial charge in [-0.3, -0.25) is 4.79 Å². The molecule has 0 aromatic heterocycles. The second-order valence-corrected chi connectivity index (χ2v) is 8.31. The molecule has 1 aliphatic rings. The first-order chi connectivity index (χ1) is 15.2. The fourth-order valence-electron chi connectivity index (χ4n) is 3.69. The summed E-state index contributed by atoms with van der Waals surface area (Å²) >= 11 is 1.56. The van der Waals surface area contributed by atoms with Gasteiger partial charge in [0.25, 0.3) is 5.91 Å². The van der Waals surface area contributed by atoms with Gasteiger partial charge in [0.1, 0.15) is 11.5 Å². The maximum Gasteiger partial charge on any atom is 0.255 e. The molecule has 1 saturated heterocycles. The number of carbonyl (C=O) groups excluding carboxylic acids is 1. The Hall–Kier alpha value is -3.12. The van der Waals surface area contributed by atoms with Crippen LogP contribution in [-0.2, 0) is 0 Å². The Bertz CT molecular complexity index is 1030. The average Bonchev–Trinajstić information content (AvgIpc) is 2.84. The van der Waals surface area contributed by atoms with Crippen LogP contribution in [-0.4, -0.2) is 51.2 Å². The minimum Gasteiger partial charge on any atom is -0.497 e. The summed E-state index contributed by atoms with van der Waals surface area (Å²) in [6.45, 7) is 3.00. The van der Waals surface area contributed by atoms with Crippen LogP contribution in [0.1, 0.15) is 10.4 Å². The molecule has 0 unspecified atom stereocenters. The Morgan fingerprint density at radius 3 is 2.10 bits per heavy atom. The fraction of sp³-hybridized carbons (Fsp3) is 0.240. The number of anilines is 1. The molecule has 0 radical (unpaired) electrons. The zero-order valence-electron chi connectivity index (χ0n) is 17.8. The van der Waals surface area contributed by atoms with Crippen molar-refractivity contribution in [2.75, 3.05) is 45.3 Å². The first-order valence-corrected chi connectivity index (χ1v) is 11.1. The van der Waals surface area contributed by atoms with E-state index in [-0.39, 0.29) is 5.91 Å². The smallest absolute Gasteiger partial charge is 0.255 e. The SMILES string of the molecule is COc1ccc(N2CCN(C(=O)c3ccccc3Sc3ccccc3OC)CC2)cc1. The van der Waals surface area contributed by atoms with Gasteiger partial charge >= 0.3 is 0 Å². The monoisotopic (exact) mass is 434 g/mol. The van der Waals surface area contributed by atoms with E-state index in [2.05, 4.69) is 17.0 Å². The van der Waals surface area contributed by atoms with Crippen molar-refractivity contribution in [3.05, 3.63) is 78.4 Å². The Morgan fingerprint density at radius 1 is 0.774 bits per heavy atom. The number of rotatable bonds is 6. The van der Waals surface area contributed by atoms with Crippen LogP contribution in [0.5, 0.6) is 11.5 Å². The summed E-state index contributed by atoms with van der Waals surface area (Å²) in [5.41, 5.74) is 1.89. The summed E-state index contributed by atoms with van der Waals surface area (Å²) in [6.07, 6.45) is 0. The number of methoxy groups -OCH3 is 2. The number of piperazine rings is 1. The number of amides is 1. The number of para-hydroxylation sites is 1. The number of ether oxygens (including phenoxy) is 2. The van der Waals surface area contributed by atoms with Gasteiger partial charge in [0.15, 0.2) is 0 Å². The molecule has 1 fully saturated rings. The molecule has 1 amide bonds. The summed E-state index contributed by atoms with van der Waals surface area (Å²) in [5.74, 6) is 1.73. The maximum atomic E-state index is 13.3. The number of nitrogens with zero attached hydrogens (tertiary/aromatic N) is 2. The van der Waals surface area contributed by atoms with Gasteiger partial charge in [0.05, 0.1) is 24.7 Å². The van der Waals surface area contributed by atoms with E-state index in [0.717, 1.165) is 45.6 Å². The molecule has 0 atom stereocenters. The largest absolute Gasteiger partial charge is 0.497 e. The molecule has 1 heterocycles. The van der Waals surface area contributed by atoms with E-state index in [1.54, 1.807) is 26.0 Å². The predicted molar refractivity (Wildman–Crippen MR) is 125 cm³/mol. The standard InChI is InChI=1S/C25H26N2O3S/c1-29-20-13-11-19(12-14-20)26-15-17-27(18-16-26)25(28)21-7-3-5-9-23(21)31-24-10-6-4-8-22(24)30-2/h3-14H,15-18H2,1-2H3. The number of benzene rings is 3. The Kier molecular flexibility index (Phi) is 6.67. The van der Waals surface area contributed by atoms with Crippen LogP contribution in [0, 0.1) is 0 Å². The fourth-order valence-corrected chi connectivity index (χ4v) is 4.73. The lowest BCUT2D eigenvalue weighted by molar-refractivity contribution is 0.0743. The second kappa shape index (κ2) is 9.79. The number of carbonyl (C=O) groups is 1. The zero-order valence-corrected chi connectivity index (χ0v) is 18.6. The minimum absolute atomic E-state index is 0.0763. The highest BCUT2D eigenvalue weighted by Gasteiger charge is 2.24. The molecule has 0 aliphatic carbocycles. The molecule has 160 valence electrons. The van der Waals surface area contributed by atoms with Crippen molar-refractivity contribution < 1.29 is 14.3 Å². The Balaban J connectivity index is 1.45. The van der Waals surface area contributed by atoms with Gasteiger partial charge in [-0.1, -0.05) is 36.0 Å². The van der Waals surface area contributed by atoms with Gasteiger partial charge in [0, 0.05) is 36.8 Å². The zero-order chi connectivity index (χ0) is 21.6. The highest BCUT2D eigenvalue weighted by Crippen LogP contribution is 2.36. The lowest BCUT2D eigenvalue weighted by atomic mass is 10.1. The molecule has 4 rings (SSSR count). The number of hydrogen-bond acceptors (Lipinski definition) is 5. The first-order valence-electron chi connectivity index (χ1n) is 10.3. The molecular formula is C25H26N2O3S.